The van der Waals surface area contributed by atoms with Gasteiger partial charge in [0, 0.05) is 10.9 Å². The highest BCUT2D eigenvalue weighted by Crippen LogP contribution is 2.09. The summed E-state index contributed by atoms with van der Waals surface area (Å²) in [5, 5.41) is 21.5. The van der Waals surface area contributed by atoms with Gasteiger partial charge in [-0.1, -0.05) is 28.1 Å². The molecule has 1 amide bonds. The lowest BCUT2D eigenvalue weighted by atomic mass is 10.0. The van der Waals surface area contributed by atoms with Gasteiger partial charge in [0.1, 0.15) is 0 Å². The lowest BCUT2D eigenvalue weighted by Crippen LogP contribution is -2.51. The molecule has 3 N–H and O–H groups in total. The maximum absolute atomic E-state index is 11.8. The lowest BCUT2D eigenvalue weighted by molar-refractivity contribution is 0.0724. The van der Waals surface area contributed by atoms with E-state index in [1.54, 1.807) is 19.1 Å². The van der Waals surface area contributed by atoms with Crippen molar-refractivity contribution in [2.75, 3.05) is 13.2 Å². The first-order valence-electron chi connectivity index (χ1n) is 5.24. The third-order valence-electron chi connectivity index (χ3n) is 2.48. The zero-order valence-corrected chi connectivity index (χ0v) is 11.2. The summed E-state index contributed by atoms with van der Waals surface area (Å²) in [7, 11) is 0. The van der Waals surface area contributed by atoms with E-state index in [2.05, 4.69) is 21.2 Å². The highest BCUT2D eigenvalue weighted by molar-refractivity contribution is 9.08. The number of benzene rings is 1. The van der Waals surface area contributed by atoms with Crippen LogP contribution in [0.4, 0.5) is 0 Å². The number of carbonyl (C=O) groups excluding carboxylic acids is 1. The topological polar surface area (TPSA) is 69.6 Å². The first-order valence-corrected chi connectivity index (χ1v) is 6.36. The van der Waals surface area contributed by atoms with E-state index in [-0.39, 0.29) is 19.1 Å². The number of nitrogens with one attached hydrogen (secondary N) is 1. The van der Waals surface area contributed by atoms with E-state index in [0.717, 1.165) is 10.9 Å². The number of aliphatic hydroxyl groups is 2. The number of halogens is 1. The Kier molecular flexibility index (Phi) is 5.11. The second-order valence-corrected chi connectivity index (χ2v) is 4.72. The normalized spacial score (nSPS) is 11.3. The van der Waals surface area contributed by atoms with Crippen molar-refractivity contribution in [3.63, 3.8) is 0 Å². The summed E-state index contributed by atoms with van der Waals surface area (Å²) >= 11 is 3.32. The van der Waals surface area contributed by atoms with Gasteiger partial charge in [-0.15, -0.1) is 0 Å². The van der Waals surface area contributed by atoms with Gasteiger partial charge in [0.25, 0.3) is 5.91 Å². The Labute approximate surface area is 109 Å². The van der Waals surface area contributed by atoms with Crippen LogP contribution in [-0.2, 0) is 5.33 Å². The van der Waals surface area contributed by atoms with Gasteiger partial charge in [0.2, 0.25) is 0 Å². The molecule has 0 saturated heterocycles. The SMILES string of the molecule is CC(CO)(CO)NC(=O)c1ccc(CBr)cc1. The van der Waals surface area contributed by atoms with Gasteiger partial charge in [-0.3, -0.25) is 4.79 Å². The van der Waals surface area contributed by atoms with Crippen LogP contribution in [-0.4, -0.2) is 34.9 Å². The summed E-state index contributed by atoms with van der Waals surface area (Å²) < 4.78 is 0. The Hall–Kier alpha value is -0.910. The van der Waals surface area contributed by atoms with Crippen molar-refractivity contribution in [2.45, 2.75) is 17.8 Å². The van der Waals surface area contributed by atoms with Gasteiger partial charge in [0.15, 0.2) is 0 Å². The number of rotatable bonds is 5. The van der Waals surface area contributed by atoms with E-state index in [0.29, 0.717) is 5.56 Å². The zero-order chi connectivity index (χ0) is 12.9. The Morgan fingerprint density at radius 1 is 1.29 bits per heavy atom. The van der Waals surface area contributed by atoms with Crippen molar-refractivity contribution in [1.82, 2.24) is 5.32 Å². The number of carbonyl (C=O) groups is 1. The summed E-state index contributed by atoms with van der Waals surface area (Å²) in [5.41, 5.74) is 0.585. The molecule has 0 aromatic heterocycles. The molecule has 0 aliphatic rings. The third-order valence-corrected chi connectivity index (χ3v) is 3.13. The number of alkyl halides is 1. The highest BCUT2D eigenvalue weighted by atomic mass is 79.9. The Morgan fingerprint density at radius 2 is 1.82 bits per heavy atom. The van der Waals surface area contributed by atoms with E-state index in [4.69, 9.17) is 10.2 Å². The summed E-state index contributed by atoms with van der Waals surface area (Å²) in [6.07, 6.45) is 0. The van der Waals surface area contributed by atoms with Crippen LogP contribution in [0.15, 0.2) is 24.3 Å². The molecule has 0 atom stereocenters. The second kappa shape index (κ2) is 6.14. The zero-order valence-electron chi connectivity index (χ0n) is 9.61. The van der Waals surface area contributed by atoms with Crippen molar-refractivity contribution in [2.24, 2.45) is 0 Å². The summed E-state index contributed by atoms with van der Waals surface area (Å²) in [4.78, 5) is 11.8. The predicted octanol–water partition coefficient (Wildman–Crippen LogP) is 1.05. The molecule has 0 aliphatic carbocycles. The molecule has 5 heteroatoms. The fraction of sp³-hybridized carbons (Fsp3) is 0.417. The average molecular weight is 302 g/mol. The first-order chi connectivity index (χ1) is 8.04. The van der Waals surface area contributed by atoms with Crippen LogP contribution < -0.4 is 5.32 Å². The van der Waals surface area contributed by atoms with Crippen LogP contribution in [0.1, 0.15) is 22.8 Å². The molecule has 1 aromatic rings. The predicted molar refractivity (Wildman–Crippen MR) is 69.1 cm³/mol. The molecular formula is C12H16BrNO3. The number of aliphatic hydroxyl groups excluding tert-OH is 2. The molecule has 0 saturated carbocycles. The molecular weight excluding hydrogens is 286 g/mol. The molecule has 1 rings (SSSR count). The fourth-order valence-corrected chi connectivity index (χ4v) is 1.59. The van der Waals surface area contributed by atoms with Crippen LogP contribution in [0, 0.1) is 0 Å². The third kappa shape index (κ3) is 3.80. The van der Waals surface area contributed by atoms with Crippen molar-refractivity contribution < 1.29 is 15.0 Å². The molecule has 0 spiro atoms. The molecule has 0 radical (unpaired) electrons. The molecule has 17 heavy (non-hydrogen) atoms. The molecule has 94 valence electrons. The van der Waals surface area contributed by atoms with E-state index >= 15 is 0 Å². The van der Waals surface area contributed by atoms with Crippen LogP contribution in [0.2, 0.25) is 0 Å². The molecule has 0 fully saturated rings. The van der Waals surface area contributed by atoms with E-state index < -0.39 is 5.54 Å². The van der Waals surface area contributed by atoms with Gasteiger partial charge >= 0.3 is 0 Å². The minimum atomic E-state index is -0.995. The quantitative estimate of drug-likeness (QED) is 0.712. The second-order valence-electron chi connectivity index (χ2n) is 4.16. The molecule has 0 aliphatic heterocycles. The standard InChI is InChI=1S/C12H16BrNO3/c1-12(7-15,8-16)14-11(17)10-4-2-9(6-13)3-5-10/h2-5,15-16H,6-8H2,1H3,(H,14,17). The summed E-state index contributed by atoms with van der Waals surface area (Å²) in [6, 6.07) is 7.11. The molecule has 1 aromatic carbocycles. The maximum Gasteiger partial charge on any atom is 0.251 e. The van der Waals surface area contributed by atoms with Crippen molar-refractivity contribution in [1.29, 1.82) is 0 Å². The van der Waals surface area contributed by atoms with Crippen molar-refractivity contribution in [3.05, 3.63) is 35.4 Å². The minimum absolute atomic E-state index is 0.309. The highest BCUT2D eigenvalue weighted by Gasteiger charge is 2.24. The smallest absolute Gasteiger partial charge is 0.251 e. The Bertz CT molecular complexity index is 374. The molecule has 4 nitrogen and oxygen atoms in total. The van der Waals surface area contributed by atoms with E-state index in [1.807, 2.05) is 12.1 Å². The van der Waals surface area contributed by atoms with Crippen molar-refractivity contribution >= 4 is 21.8 Å². The monoisotopic (exact) mass is 301 g/mol. The number of hydrogen-bond donors (Lipinski definition) is 3. The van der Waals surface area contributed by atoms with Crippen LogP contribution in [0.25, 0.3) is 0 Å². The van der Waals surface area contributed by atoms with Crippen LogP contribution >= 0.6 is 15.9 Å². The van der Waals surface area contributed by atoms with Gasteiger partial charge in [-0.2, -0.15) is 0 Å². The van der Waals surface area contributed by atoms with E-state index in [9.17, 15) is 4.79 Å². The average Bonchev–Trinajstić information content (AvgIpc) is 2.38. The first kappa shape index (κ1) is 14.2. The Morgan fingerprint density at radius 3 is 2.24 bits per heavy atom. The number of amides is 1. The van der Waals surface area contributed by atoms with Gasteiger partial charge in [0.05, 0.1) is 18.8 Å². The summed E-state index contributed by atoms with van der Waals surface area (Å²) in [6.45, 7) is 0.960. The minimum Gasteiger partial charge on any atom is -0.394 e. The van der Waals surface area contributed by atoms with Crippen LogP contribution in [0.5, 0.6) is 0 Å². The fourth-order valence-electron chi connectivity index (χ4n) is 1.22. The Balaban J connectivity index is 2.75. The van der Waals surface area contributed by atoms with Gasteiger partial charge in [-0.25, -0.2) is 0 Å². The van der Waals surface area contributed by atoms with Crippen LogP contribution in [0.3, 0.4) is 0 Å². The molecule has 0 bridgehead atoms. The van der Waals surface area contributed by atoms with Gasteiger partial charge in [-0.05, 0) is 24.6 Å². The largest absolute Gasteiger partial charge is 0.394 e. The van der Waals surface area contributed by atoms with E-state index in [1.165, 1.54) is 0 Å². The molecule has 0 heterocycles. The number of hydrogen-bond acceptors (Lipinski definition) is 3. The van der Waals surface area contributed by atoms with Crippen molar-refractivity contribution in [3.8, 4) is 0 Å². The molecule has 0 unspecified atom stereocenters. The lowest BCUT2D eigenvalue weighted by Gasteiger charge is -2.26. The maximum atomic E-state index is 11.8. The summed E-state index contributed by atoms with van der Waals surface area (Å²) in [5.74, 6) is -0.309. The van der Waals surface area contributed by atoms with Gasteiger partial charge < -0.3 is 15.5 Å².